The second-order valence-electron chi connectivity index (χ2n) is 6.83. The molecule has 126 valence electrons. The molecule has 0 heterocycles. The average Bonchev–Trinajstić information content (AvgIpc) is 3.29. The molecule has 1 N–H and O–H groups in total. The van der Waals surface area contributed by atoms with Crippen LogP contribution < -0.4 is 5.32 Å². The minimum absolute atomic E-state index is 0.133. The smallest absolute Gasteiger partial charge is 0.306 e. The van der Waals surface area contributed by atoms with Gasteiger partial charge in [0.05, 0.1) is 13.0 Å². The van der Waals surface area contributed by atoms with E-state index in [-0.39, 0.29) is 23.7 Å². The van der Waals surface area contributed by atoms with Gasteiger partial charge in [-0.2, -0.15) is 0 Å². The minimum atomic E-state index is -0.361. The van der Waals surface area contributed by atoms with Crippen LogP contribution in [0, 0.1) is 5.41 Å². The van der Waals surface area contributed by atoms with Gasteiger partial charge in [-0.1, -0.05) is 31.5 Å². The molecule has 0 radical (unpaired) electrons. The van der Waals surface area contributed by atoms with Crippen molar-refractivity contribution in [3.63, 3.8) is 0 Å². The molecule has 0 unspecified atom stereocenters. The van der Waals surface area contributed by atoms with Gasteiger partial charge in [0.1, 0.15) is 0 Å². The Morgan fingerprint density at radius 1 is 1.35 bits per heavy atom. The molecule has 0 spiro atoms. The van der Waals surface area contributed by atoms with Crippen LogP contribution in [0.25, 0.3) is 0 Å². The summed E-state index contributed by atoms with van der Waals surface area (Å²) >= 11 is 6.04. The zero-order chi connectivity index (χ0) is 17.0. The third kappa shape index (κ3) is 5.24. The van der Waals surface area contributed by atoms with Gasteiger partial charge in [0, 0.05) is 17.1 Å². The molecule has 0 atom stereocenters. The molecule has 2 rings (SSSR count). The van der Waals surface area contributed by atoms with E-state index in [1.807, 2.05) is 26.0 Å². The van der Waals surface area contributed by atoms with E-state index in [1.54, 1.807) is 13.0 Å². The first kappa shape index (κ1) is 17.8. The Kier molecular flexibility index (Phi) is 5.69. The lowest BCUT2D eigenvalue weighted by Gasteiger charge is -2.24. The molecule has 1 amide bonds. The van der Waals surface area contributed by atoms with Crippen molar-refractivity contribution < 1.29 is 14.3 Å². The predicted molar refractivity (Wildman–Crippen MR) is 90.8 cm³/mol. The number of esters is 1. The van der Waals surface area contributed by atoms with Gasteiger partial charge in [-0.3, -0.25) is 9.59 Å². The van der Waals surface area contributed by atoms with E-state index in [4.69, 9.17) is 16.3 Å². The monoisotopic (exact) mass is 337 g/mol. The average molecular weight is 338 g/mol. The van der Waals surface area contributed by atoms with Crippen LogP contribution >= 0.6 is 11.6 Å². The van der Waals surface area contributed by atoms with Crippen molar-refractivity contribution in [2.24, 2.45) is 5.41 Å². The molecule has 1 aliphatic carbocycles. The van der Waals surface area contributed by atoms with Crippen molar-refractivity contribution in [2.45, 2.75) is 46.0 Å². The van der Waals surface area contributed by atoms with Gasteiger partial charge in [-0.25, -0.2) is 0 Å². The van der Waals surface area contributed by atoms with Crippen LogP contribution in [-0.4, -0.2) is 25.0 Å². The summed E-state index contributed by atoms with van der Waals surface area (Å²) in [6.07, 6.45) is 2.51. The van der Waals surface area contributed by atoms with Crippen LogP contribution in [0.1, 0.15) is 61.9 Å². The van der Waals surface area contributed by atoms with E-state index in [9.17, 15) is 9.59 Å². The van der Waals surface area contributed by atoms with Crippen LogP contribution in [0.5, 0.6) is 0 Å². The first-order valence-electron chi connectivity index (χ1n) is 8.05. The molecule has 0 saturated heterocycles. The number of carbonyl (C=O) groups is 2. The normalized spacial score (nSPS) is 14.4. The Morgan fingerprint density at radius 2 is 2.04 bits per heavy atom. The SMILES string of the molecule is CCOC(=O)CC(C)(C)CNC(=O)c1cc(Cl)ccc1C1CC1. The van der Waals surface area contributed by atoms with Gasteiger partial charge >= 0.3 is 5.97 Å². The summed E-state index contributed by atoms with van der Waals surface area (Å²) in [6.45, 7) is 6.43. The molecular weight excluding hydrogens is 314 g/mol. The van der Waals surface area contributed by atoms with Crippen molar-refractivity contribution in [1.82, 2.24) is 5.32 Å². The quantitative estimate of drug-likeness (QED) is 0.767. The first-order chi connectivity index (χ1) is 10.8. The van der Waals surface area contributed by atoms with E-state index < -0.39 is 0 Å². The number of amides is 1. The lowest BCUT2D eigenvalue weighted by Crippen LogP contribution is -2.36. The molecule has 5 heteroatoms. The summed E-state index contributed by atoms with van der Waals surface area (Å²) in [5.74, 6) is 0.0973. The number of halogens is 1. The van der Waals surface area contributed by atoms with Gasteiger partial charge in [0.25, 0.3) is 5.91 Å². The molecule has 1 fully saturated rings. The highest BCUT2D eigenvalue weighted by molar-refractivity contribution is 6.31. The third-order valence-corrected chi connectivity index (χ3v) is 4.17. The summed E-state index contributed by atoms with van der Waals surface area (Å²) in [6, 6.07) is 5.50. The molecule has 1 saturated carbocycles. The third-order valence-electron chi connectivity index (χ3n) is 3.93. The number of benzene rings is 1. The Balaban J connectivity index is 1.99. The summed E-state index contributed by atoms with van der Waals surface area (Å²) in [5.41, 5.74) is 1.35. The number of ether oxygens (including phenoxy) is 1. The van der Waals surface area contributed by atoms with Gasteiger partial charge in [0.2, 0.25) is 0 Å². The number of hydrogen-bond donors (Lipinski definition) is 1. The number of carbonyl (C=O) groups excluding carboxylic acids is 2. The molecule has 1 aliphatic rings. The zero-order valence-electron chi connectivity index (χ0n) is 13.9. The highest BCUT2D eigenvalue weighted by Crippen LogP contribution is 2.42. The van der Waals surface area contributed by atoms with E-state index >= 15 is 0 Å². The summed E-state index contributed by atoms with van der Waals surface area (Å²) in [4.78, 5) is 24.1. The minimum Gasteiger partial charge on any atom is -0.466 e. The summed E-state index contributed by atoms with van der Waals surface area (Å²) in [5, 5.41) is 3.49. The van der Waals surface area contributed by atoms with Crippen molar-refractivity contribution in [3.05, 3.63) is 34.3 Å². The van der Waals surface area contributed by atoms with E-state index in [2.05, 4.69) is 5.32 Å². The molecule has 23 heavy (non-hydrogen) atoms. The maximum absolute atomic E-state index is 12.5. The fourth-order valence-corrected chi connectivity index (χ4v) is 2.73. The zero-order valence-corrected chi connectivity index (χ0v) is 14.7. The molecule has 4 nitrogen and oxygen atoms in total. The van der Waals surface area contributed by atoms with E-state index in [1.165, 1.54) is 0 Å². The Bertz CT molecular complexity index is 594. The van der Waals surface area contributed by atoms with E-state index in [0.29, 0.717) is 29.7 Å². The van der Waals surface area contributed by atoms with Crippen molar-refractivity contribution in [3.8, 4) is 0 Å². The lowest BCUT2D eigenvalue weighted by molar-refractivity contribution is -0.145. The highest BCUT2D eigenvalue weighted by Gasteiger charge is 2.29. The summed E-state index contributed by atoms with van der Waals surface area (Å²) < 4.78 is 4.97. The van der Waals surface area contributed by atoms with Crippen LogP contribution in [0.15, 0.2) is 18.2 Å². The van der Waals surface area contributed by atoms with Crippen LogP contribution in [-0.2, 0) is 9.53 Å². The second kappa shape index (κ2) is 7.35. The lowest BCUT2D eigenvalue weighted by atomic mass is 9.89. The van der Waals surface area contributed by atoms with Crippen LogP contribution in [0.2, 0.25) is 5.02 Å². The maximum Gasteiger partial charge on any atom is 0.306 e. The maximum atomic E-state index is 12.5. The molecule has 1 aromatic rings. The molecule has 1 aromatic carbocycles. The number of rotatable bonds is 7. The van der Waals surface area contributed by atoms with Gasteiger partial charge in [0.15, 0.2) is 0 Å². The fourth-order valence-electron chi connectivity index (χ4n) is 2.56. The second-order valence-corrected chi connectivity index (χ2v) is 7.27. The van der Waals surface area contributed by atoms with Crippen molar-refractivity contribution in [2.75, 3.05) is 13.2 Å². The van der Waals surface area contributed by atoms with Crippen LogP contribution in [0.3, 0.4) is 0 Å². The molecule has 0 bridgehead atoms. The standard InChI is InChI=1S/C18H24ClNO3/c1-4-23-16(21)10-18(2,3)11-20-17(22)15-9-13(19)7-8-14(15)12-5-6-12/h7-9,12H,4-6,10-11H2,1-3H3,(H,20,22). The van der Waals surface area contributed by atoms with Crippen LogP contribution in [0.4, 0.5) is 0 Å². The summed E-state index contributed by atoms with van der Waals surface area (Å²) in [7, 11) is 0. The largest absolute Gasteiger partial charge is 0.466 e. The van der Waals surface area contributed by atoms with Crippen molar-refractivity contribution in [1.29, 1.82) is 0 Å². The van der Waals surface area contributed by atoms with Gasteiger partial charge < -0.3 is 10.1 Å². The fraction of sp³-hybridized carbons (Fsp3) is 0.556. The topological polar surface area (TPSA) is 55.4 Å². The molecular formula is C18H24ClNO3. The Morgan fingerprint density at radius 3 is 2.65 bits per heavy atom. The first-order valence-corrected chi connectivity index (χ1v) is 8.43. The molecule has 0 aliphatic heterocycles. The predicted octanol–water partition coefficient (Wildman–Crippen LogP) is 3.93. The number of nitrogens with one attached hydrogen (secondary N) is 1. The van der Waals surface area contributed by atoms with Crippen molar-refractivity contribution >= 4 is 23.5 Å². The Labute approximate surface area is 142 Å². The van der Waals surface area contributed by atoms with Gasteiger partial charge in [-0.05, 0) is 48.8 Å². The van der Waals surface area contributed by atoms with Gasteiger partial charge in [-0.15, -0.1) is 0 Å². The molecule has 0 aromatic heterocycles. The Hall–Kier alpha value is -1.55. The van der Waals surface area contributed by atoms with E-state index in [0.717, 1.165) is 18.4 Å². The highest BCUT2D eigenvalue weighted by atomic mass is 35.5. The number of hydrogen-bond acceptors (Lipinski definition) is 3.